The lowest BCUT2D eigenvalue weighted by atomic mass is 9.85. The van der Waals surface area contributed by atoms with Crippen LogP contribution in [0.1, 0.15) is 44.9 Å². The van der Waals surface area contributed by atoms with Crippen LogP contribution < -0.4 is 11.1 Å². The molecular formula is C12H24N2. The Morgan fingerprint density at radius 3 is 2.36 bits per heavy atom. The summed E-state index contributed by atoms with van der Waals surface area (Å²) >= 11 is 0. The van der Waals surface area contributed by atoms with Crippen molar-refractivity contribution in [1.29, 1.82) is 0 Å². The van der Waals surface area contributed by atoms with Crippen molar-refractivity contribution in [3.05, 3.63) is 0 Å². The van der Waals surface area contributed by atoms with Gasteiger partial charge < -0.3 is 11.1 Å². The van der Waals surface area contributed by atoms with Gasteiger partial charge >= 0.3 is 0 Å². The molecule has 2 nitrogen and oxygen atoms in total. The standard InChI is InChI=1S/C12H24N2/c13-12(9-10-3-1-2-4-10)11-5-7-14-8-6-11/h10-12,14H,1-9,13H2. The van der Waals surface area contributed by atoms with Gasteiger partial charge in [-0.1, -0.05) is 25.7 Å². The lowest BCUT2D eigenvalue weighted by Crippen LogP contribution is -2.39. The highest BCUT2D eigenvalue weighted by atomic mass is 14.9. The summed E-state index contributed by atoms with van der Waals surface area (Å²) in [6, 6.07) is 0.486. The van der Waals surface area contributed by atoms with Crippen LogP contribution in [0.2, 0.25) is 0 Å². The fraction of sp³-hybridized carbons (Fsp3) is 1.00. The molecule has 2 heteroatoms. The van der Waals surface area contributed by atoms with Gasteiger partial charge in [-0.05, 0) is 44.2 Å². The number of nitrogens with two attached hydrogens (primary N) is 1. The van der Waals surface area contributed by atoms with Gasteiger partial charge in [0.1, 0.15) is 0 Å². The number of piperidine rings is 1. The van der Waals surface area contributed by atoms with E-state index in [0.29, 0.717) is 6.04 Å². The molecule has 1 unspecified atom stereocenters. The van der Waals surface area contributed by atoms with Gasteiger partial charge in [0.2, 0.25) is 0 Å². The molecule has 0 radical (unpaired) electrons. The van der Waals surface area contributed by atoms with Crippen LogP contribution in [0.3, 0.4) is 0 Å². The zero-order chi connectivity index (χ0) is 9.80. The average molecular weight is 196 g/mol. The molecule has 3 N–H and O–H groups in total. The highest BCUT2D eigenvalue weighted by Gasteiger charge is 2.24. The van der Waals surface area contributed by atoms with E-state index in [1.165, 1.54) is 58.0 Å². The fourth-order valence-electron chi connectivity index (χ4n) is 3.10. The molecule has 1 atom stereocenters. The van der Waals surface area contributed by atoms with Crippen molar-refractivity contribution in [2.75, 3.05) is 13.1 Å². The Morgan fingerprint density at radius 2 is 1.71 bits per heavy atom. The maximum Gasteiger partial charge on any atom is 0.00707 e. The first-order valence-corrected chi connectivity index (χ1v) is 6.32. The van der Waals surface area contributed by atoms with Crippen LogP contribution in [0.5, 0.6) is 0 Å². The van der Waals surface area contributed by atoms with Gasteiger partial charge in [0.25, 0.3) is 0 Å². The second-order valence-corrected chi connectivity index (χ2v) is 5.14. The van der Waals surface area contributed by atoms with Crippen molar-refractivity contribution in [2.45, 2.75) is 51.0 Å². The zero-order valence-corrected chi connectivity index (χ0v) is 9.17. The molecule has 1 aliphatic heterocycles. The molecule has 14 heavy (non-hydrogen) atoms. The van der Waals surface area contributed by atoms with Crippen molar-refractivity contribution in [3.8, 4) is 0 Å². The van der Waals surface area contributed by atoms with Crippen LogP contribution in [0.4, 0.5) is 0 Å². The SMILES string of the molecule is NC(CC1CCCC1)C1CCNCC1. The van der Waals surface area contributed by atoms with Gasteiger partial charge in [0, 0.05) is 6.04 Å². The Balaban J connectivity index is 1.72. The number of nitrogens with one attached hydrogen (secondary N) is 1. The largest absolute Gasteiger partial charge is 0.327 e. The molecular weight excluding hydrogens is 172 g/mol. The minimum Gasteiger partial charge on any atom is -0.327 e. The molecule has 1 saturated carbocycles. The van der Waals surface area contributed by atoms with E-state index >= 15 is 0 Å². The van der Waals surface area contributed by atoms with E-state index in [0.717, 1.165) is 11.8 Å². The zero-order valence-electron chi connectivity index (χ0n) is 9.17. The van der Waals surface area contributed by atoms with Gasteiger partial charge in [-0.25, -0.2) is 0 Å². The normalized spacial score (nSPS) is 28.1. The smallest absolute Gasteiger partial charge is 0.00707 e. The number of hydrogen-bond acceptors (Lipinski definition) is 2. The topological polar surface area (TPSA) is 38.0 Å². The molecule has 0 aromatic rings. The van der Waals surface area contributed by atoms with Crippen LogP contribution in [0.25, 0.3) is 0 Å². The second-order valence-electron chi connectivity index (χ2n) is 5.14. The van der Waals surface area contributed by atoms with E-state index < -0.39 is 0 Å². The molecule has 0 bridgehead atoms. The molecule has 1 saturated heterocycles. The number of hydrogen-bond donors (Lipinski definition) is 2. The third kappa shape index (κ3) is 2.71. The van der Waals surface area contributed by atoms with Crippen molar-refractivity contribution < 1.29 is 0 Å². The number of rotatable bonds is 3. The van der Waals surface area contributed by atoms with E-state index in [4.69, 9.17) is 5.73 Å². The molecule has 1 heterocycles. The van der Waals surface area contributed by atoms with E-state index in [9.17, 15) is 0 Å². The van der Waals surface area contributed by atoms with Gasteiger partial charge in [0.05, 0.1) is 0 Å². The highest BCUT2D eigenvalue weighted by molar-refractivity contribution is 4.81. The van der Waals surface area contributed by atoms with Gasteiger partial charge in [-0.2, -0.15) is 0 Å². The second kappa shape index (κ2) is 5.13. The summed E-state index contributed by atoms with van der Waals surface area (Å²) in [6.07, 6.45) is 9.68. The Morgan fingerprint density at radius 1 is 1.07 bits per heavy atom. The minimum absolute atomic E-state index is 0.486. The molecule has 1 aliphatic carbocycles. The lowest BCUT2D eigenvalue weighted by molar-refractivity contribution is 0.280. The van der Waals surface area contributed by atoms with Crippen LogP contribution in [0, 0.1) is 11.8 Å². The van der Waals surface area contributed by atoms with Gasteiger partial charge in [-0.15, -0.1) is 0 Å². The van der Waals surface area contributed by atoms with Gasteiger partial charge in [0.15, 0.2) is 0 Å². The van der Waals surface area contributed by atoms with Crippen LogP contribution >= 0.6 is 0 Å². The van der Waals surface area contributed by atoms with Crippen molar-refractivity contribution in [2.24, 2.45) is 17.6 Å². The first-order valence-electron chi connectivity index (χ1n) is 6.32. The Labute approximate surface area is 87.6 Å². The maximum absolute atomic E-state index is 6.30. The van der Waals surface area contributed by atoms with Crippen molar-refractivity contribution in [3.63, 3.8) is 0 Å². The van der Waals surface area contributed by atoms with E-state index in [1.54, 1.807) is 0 Å². The molecule has 0 amide bonds. The Kier molecular flexibility index (Phi) is 3.82. The minimum atomic E-state index is 0.486. The molecule has 2 aliphatic rings. The Bertz CT molecular complexity index is 158. The summed E-state index contributed by atoms with van der Waals surface area (Å²) in [4.78, 5) is 0. The molecule has 2 fully saturated rings. The predicted molar refractivity (Wildman–Crippen MR) is 60.1 cm³/mol. The van der Waals surface area contributed by atoms with Crippen LogP contribution in [-0.4, -0.2) is 19.1 Å². The van der Waals surface area contributed by atoms with Gasteiger partial charge in [-0.3, -0.25) is 0 Å². The average Bonchev–Trinajstić information content (AvgIpc) is 2.72. The summed E-state index contributed by atoms with van der Waals surface area (Å²) in [5, 5.41) is 3.41. The van der Waals surface area contributed by atoms with Crippen molar-refractivity contribution >= 4 is 0 Å². The molecule has 2 rings (SSSR count). The highest BCUT2D eigenvalue weighted by Crippen LogP contribution is 2.30. The summed E-state index contributed by atoms with van der Waals surface area (Å²) < 4.78 is 0. The van der Waals surface area contributed by atoms with Crippen LogP contribution in [-0.2, 0) is 0 Å². The Hall–Kier alpha value is -0.0800. The van der Waals surface area contributed by atoms with E-state index in [2.05, 4.69) is 5.32 Å². The fourth-order valence-corrected chi connectivity index (χ4v) is 3.10. The van der Waals surface area contributed by atoms with E-state index in [1.807, 2.05) is 0 Å². The predicted octanol–water partition coefficient (Wildman–Crippen LogP) is 1.89. The summed E-state index contributed by atoms with van der Waals surface area (Å²) in [5.74, 6) is 1.76. The molecule has 82 valence electrons. The summed E-state index contributed by atoms with van der Waals surface area (Å²) in [6.45, 7) is 2.37. The first-order chi connectivity index (χ1) is 6.86. The van der Waals surface area contributed by atoms with Crippen LogP contribution in [0.15, 0.2) is 0 Å². The molecule has 0 spiro atoms. The van der Waals surface area contributed by atoms with E-state index in [-0.39, 0.29) is 0 Å². The first kappa shape index (κ1) is 10.4. The van der Waals surface area contributed by atoms with Crippen molar-refractivity contribution in [1.82, 2.24) is 5.32 Å². The molecule has 0 aromatic carbocycles. The monoisotopic (exact) mass is 196 g/mol. The summed E-state index contributed by atoms with van der Waals surface area (Å²) in [7, 11) is 0. The molecule has 0 aromatic heterocycles. The third-order valence-electron chi connectivity index (χ3n) is 4.07. The quantitative estimate of drug-likeness (QED) is 0.723. The maximum atomic E-state index is 6.30. The summed E-state index contributed by atoms with van der Waals surface area (Å²) in [5.41, 5.74) is 6.30. The lowest BCUT2D eigenvalue weighted by Gasteiger charge is -2.29. The third-order valence-corrected chi connectivity index (χ3v) is 4.07.